The van der Waals surface area contributed by atoms with Crippen molar-refractivity contribution >= 4 is 34.0 Å². The quantitative estimate of drug-likeness (QED) is 0.730. The van der Waals surface area contributed by atoms with E-state index in [1.165, 1.54) is 6.07 Å². The molecule has 1 N–H and O–H groups in total. The van der Waals surface area contributed by atoms with Crippen LogP contribution in [-0.2, 0) is 0 Å². The number of halogens is 3. The van der Waals surface area contributed by atoms with Gasteiger partial charge in [0.2, 0.25) is 5.88 Å². The molecule has 0 aromatic carbocycles. The lowest BCUT2D eigenvalue weighted by Crippen LogP contribution is -2.03. The van der Waals surface area contributed by atoms with E-state index in [4.69, 9.17) is 0 Å². The molecule has 4 nitrogen and oxygen atoms in total. The first-order chi connectivity index (χ1) is 9.03. The molecule has 0 spiro atoms. The van der Waals surface area contributed by atoms with Crippen LogP contribution in [0.25, 0.3) is 21.9 Å². The van der Waals surface area contributed by atoms with E-state index < -0.39 is 17.6 Å². The van der Waals surface area contributed by atoms with Gasteiger partial charge in [-0.05, 0) is 12.1 Å². The number of pyridine rings is 2. The Labute approximate surface area is 109 Å². The summed E-state index contributed by atoms with van der Waals surface area (Å²) >= 11 is -0.587. The Morgan fingerprint density at radius 1 is 1.16 bits per heavy atom. The van der Waals surface area contributed by atoms with Crippen LogP contribution in [0.2, 0.25) is 0 Å². The van der Waals surface area contributed by atoms with Crippen LogP contribution in [0.1, 0.15) is 0 Å². The summed E-state index contributed by atoms with van der Waals surface area (Å²) in [6, 6.07) is 4.80. The van der Waals surface area contributed by atoms with E-state index in [2.05, 4.69) is 19.1 Å². The molecule has 0 bridgehead atoms. The van der Waals surface area contributed by atoms with Gasteiger partial charge >= 0.3 is 5.51 Å². The molecule has 19 heavy (non-hydrogen) atoms. The highest BCUT2D eigenvalue weighted by atomic mass is 32.2. The lowest BCUT2D eigenvalue weighted by Gasteiger charge is -2.05. The van der Waals surface area contributed by atoms with Gasteiger partial charge in [-0.1, -0.05) is 0 Å². The maximum absolute atomic E-state index is 12.0. The maximum Gasteiger partial charge on any atom is 0.479 e. The number of aromatic amines is 1. The first-order valence-corrected chi connectivity index (χ1v) is 5.92. The summed E-state index contributed by atoms with van der Waals surface area (Å²) in [7, 11) is 0. The Morgan fingerprint density at radius 2 is 2.00 bits per heavy atom. The van der Waals surface area contributed by atoms with Crippen molar-refractivity contribution in [3.8, 4) is 5.88 Å². The minimum atomic E-state index is -4.46. The fourth-order valence-corrected chi connectivity index (χ4v) is 2.01. The Hall–Kier alpha value is -1.96. The second-order valence-electron chi connectivity index (χ2n) is 3.70. The summed E-state index contributed by atoms with van der Waals surface area (Å²) in [5.41, 5.74) is -3.18. The van der Waals surface area contributed by atoms with Crippen molar-refractivity contribution in [3.05, 3.63) is 30.6 Å². The largest absolute Gasteiger partial charge is 0.479 e. The number of aromatic nitrogens is 3. The minimum absolute atomic E-state index is 0.102. The van der Waals surface area contributed by atoms with Gasteiger partial charge in [0.25, 0.3) is 0 Å². The van der Waals surface area contributed by atoms with Crippen molar-refractivity contribution in [1.82, 2.24) is 15.0 Å². The first kappa shape index (κ1) is 12.1. The first-order valence-electron chi connectivity index (χ1n) is 5.18. The highest BCUT2D eigenvalue weighted by molar-refractivity contribution is 7.95. The number of fused-ring (bicyclic) bond motifs is 3. The lowest BCUT2D eigenvalue weighted by molar-refractivity contribution is -0.0370. The van der Waals surface area contributed by atoms with Crippen LogP contribution in [0.15, 0.2) is 30.6 Å². The van der Waals surface area contributed by atoms with Crippen molar-refractivity contribution in [2.75, 3.05) is 0 Å². The summed E-state index contributed by atoms with van der Waals surface area (Å²) in [6.07, 6.45) is 3.29. The number of hydrogen-bond acceptors (Lipinski definition) is 4. The molecule has 0 radical (unpaired) electrons. The minimum Gasteiger partial charge on any atom is -0.397 e. The predicted molar refractivity (Wildman–Crippen MR) is 65.7 cm³/mol. The molecule has 3 heterocycles. The molecule has 3 aromatic rings. The molecule has 0 saturated carbocycles. The normalized spacial score (nSPS) is 12.2. The summed E-state index contributed by atoms with van der Waals surface area (Å²) in [6.45, 7) is 0. The molecule has 0 fully saturated rings. The molecule has 0 aliphatic heterocycles. The van der Waals surface area contributed by atoms with Crippen LogP contribution in [0, 0.1) is 0 Å². The van der Waals surface area contributed by atoms with Crippen molar-refractivity contribution in [1.29, 1.82) is 0 Å². The molecule has 3 rings (SSSR count). The molecule has 0 atom stereocenters. The Bertz CT molecular complexity index is 741. The van der Waals surface area contributed by atoms with Gasteiger partial charge in [0.05, 0.1) is 5.52 Å². The third-order valence-corrected chi connectivity index (χ3v) is 2.90. The van der Waals surface area contributed by atoms with Crippen LogP contribution in [0.4, 0.5) is 13.2 Å². The fraction of sp³-hybridized carbons (Fsp3) is 0.0909. The Balaban J connectivity index is 1.99. The fourth-order valence-electron chi connectivity index (χ4n) is 1.74. The van der Waals surface area contributed by atoms with Gasteiger partial charge in [-0.2, -0.15) is 18.2 Å². The van der Waals surface area contributed by atoms with Crippen molar-refractivity contribution in [2.24, 2.45) is 0 Å². The highest BCUT2D eigenvalue weighted by Crippen LogP contribution is 2.33. The van der Waals surface area contributed by atoms with Gasteiger partial charge in [0, 0.05) is 29.2 Å². The average Bonchev–Trinajstić information content (AvgIpc) is 2.73. The van der Waals surface area contributed by atoms with E-state index >= 15 is 0 Å². The molecule has 98 valence electrons. The third-order valence-electron chi connectivity index (χ3n) is 2.46. The average molecular weight is 285 g/mol. The molecule has 3 aromatic heterocycles. The number of alkyl halides is 3. The smallest absolute Gasteiger partial charge is 0.397 e. The third kappa shape index (κ3) is 2.43. The number of H-pyrrole nitrogens is 1. The zero-order chi connectivity index (χ0) is 13.5. The van der Waals surface area contributed by atoms with Gasteiger partial charge in [-0.15, -0.1) is 0 Å². The van der Waals surface area contributed by atoms with E-state index in [-0.39, 0.29) is 5.88 Å². The molecule has 0 amide bonds. The van der Waals surface area contributed by atoms with Crippen molar-refractivity contribution in [3.63, 3.8) is 0 Å². The van der Waals surface area contributed by atoms with Gasteiger partial charge < -0.3 is 9.17 Å². The molecular formula is C11H6F3N3OS. The number of nitrogens with one attached hydrogen (secondary N) is 1. The van der Waals surface area contributed by atoms with Crippen molar-refractivity contribution < 1.29 is 17.4 Å². The van der Waals surface area contributed by atoms with Crippen LogP contribution >= 0.6 is 12.0 Å². The predicted octanol–water partition coefficient (Wildman–Crippen LogP) is 3.66. The van der Waals surface area contributed by atoms with Gasteiger partial charge in [0.15, 0.2) is 12.0 Å². The van der Waals surface area contributed by atoms with E-state index in [9.17, 15) is 13.2 Å². The molecular weight excluding hydrogens is 279 g/mol. The van der Waals surface area contributed by atoms with E-state index in [1.54, 1.807) is 24.5 Å². The van der Waals surface area contributed by atoms with Crippen LogP contribution < -0.4 is 4.18 Å². The zero-order valence-electron chi connectivity index (χ0n) is 9.23. The monoisotopic (exact) mass is 285 g/mol. The summed E-state index contributed by atoms with van der Waals surface area (Å²) in [5.74, 6) is -0.102. The number of hydrogen-bond donors (Lipinski definition) is 1. The number of rotatable bonds is 2. The molecule has 0 saturated heterocycles. The van der Waals surface area contributed by atoms with Crippen molar-refractivity contribution in [2.45, 2.75) is 5.51 Å². The maximum atomic E-state index is 12.0. The SMILES string of the molecule is FC(F)(F)SOc1ccc2c(n1)[nH]c1ccncc12. The molecule has 0 unspecified atom stereocenters. The highest BCUT2D eigenvalue weighted by Gasteiger charge is 2.31. The van der Waals surface area contributed by atoms with E-state index in [0.717, 1.165) is 16.3 Å². The second kappa shape index (κ2) is 4.30. The standard InChI is InChI=1S/C11H6F3N3OS/c12-11(13,14)19-18-9-2-1-6-7-5-15-4-3-8(7)16-10(6)17-9/h1-5H,(H,16,17). The second-order valence-corrected chi connectivity index (χ2v) is 4.50. The molecule has 0 aliphatic carbocycles. The Morgan fingerprint density at radius 3 is 2.79 bits per heavy atom. The Kier molecular flexibility index (Phi) is 2.74. The topological polar surface area (TPSA) is 50.8 Å². The van der Waals surface area contributed by atoms with Crippen LogP contribution in [-0.4, -0.2) is 20.5 Å². The van der Waals surface area contributed by atoms with Crippen LogP contribution in [0.5, 0.6) is 5.88 Å². The van der Waals surface area contributed by atoms with E-state index in [1.807, 2.05) is 0 Å². The summed E-state index contributed by atoms with van der Waals surface area (Å²) in [5, 5.41) is 1.65. The van der Waals surface area contributed by atoms with Gasteiger partial charge in [-0.25, -0.2) is 0 Å². The lowest BCUT2D eigenvalue weighted by atomic mass is 10.2. The van der Waals surface area contributed by atoms with Crippen LogP contribution in [0.3, 0.4) is 0 Å². The summed E-state index contributed by atoms with van der Waals surface area (Å²) < 4.78 is 40.6. The zero-order valence-corrected chi connectivity index (χ0v) is 10.0. The molecule has 8 heteroatoms. The van der Waals surface area contributed by atoms with Gasteiger partial charge in [0.1, 0.15) is 5.65 Å². The molecule has 0 aliphatic rings. The summed E-state index contributed by atoms with van der Waals surface area (Å²) in [4.78, 5) is 11.0. The number of nitrogens with zero attached hydrogens (tertiary/aromatic N) is 2. The van der Waals surface area contributed by atoms with Gasteiger partial charge in [-0.3, -0.25) is 4.98 Å². The van der Waals surface area contributed by atoms with E-state index in [0.29, 0.717) is 5.65 Å².